The number of ketones is 1. The summed E-state index contributed by atoms with van der Waals surface area (Å²) < 4.78 is 0. The van der Waals surface area contributed by atoms with Crippen molar-refractivity contribution in [2.75, 3.05) is 19.0 Å². The number of carbonyl (C=O) groups is 1. The lowest BCUT2D eigenvalue weighted by molar-refractivity contribution is 0.101. The summed E-state index contributed by atoms with van der Waals surface area (Å²) in [6, 6.07) is 0. The van der Waals surface area contributed by atoms with Crippen LogP contribution in [0.5, 0.6) is 0 Å². The average Bonchev–Trinajstić information content (AvgIpc) is 2.04. The van der Waals surface area contributed by atoms with Gasteiger partial charge < -0.3 is 4.90 Å². The molecule has 0 amide bonds. The van der Waals surface area contributed by atoms with E-state index in [0.717, 1.165) is 0 Å². The van der Waals surface area contributed by atoms with Gasteiger partial charge in [0.2, 0.25) is 5.95 Å². The topological polar surface area (TPSA) is 59.0 Å². The van der Waals surface area contributed by atoms with E-state index in [2.05, 4.69) is 15.2 Å². The summed E-state index contributed by atoms with van der Waals surface area (Å²) >= 11 is 0. The standard InChI is InChI=1S/C7H10N4O/c1-5(12)6-4-8-7(10-9-6)11(2)3/h4H,1-3H3. The van der Waals surface area contributed by atoms with E-state index in [-0.39, 0.29) is 5.78 Å². The highest BCUT2D eigenvalue weighted by molar-refractivity contribution is 5.91. The lowest BCUT2D eigenvalue weighted by Crippen LogP contribution is -2.14. The number of hydrogen-bond acceptors (Lipinski definition) is 5. The van der Waals surface area contributed by atoms with E-state index in [1.807, 2.05) is 14.1 Å². The Kier molecular flexibility index (Phi) is 2.32. The molecule has 12 heavy (non-hydrogen) atoms. The number of carbonyl (C=O) groups excluding carboxylic acids is 1. The van der Waals surface area contributed by atoms with Crippen LogP contribution in [0.15, 0.2) is 6.20 Å². The fourth-order valence-corrected chi connectivity index (χ4v) is 0.635. The van der Waals surface area contributed by atoms with Gasteiger partial charge in [-0.2, -0.15) is 0 Å². The van der Waals surface area contributed by atoms with Gasteiger partial charge in [0.15, 0.2) is 5.78 Å². The highest BCUT2D eigenvalue weighted by Gasteiger charge is 2.03. The molecule has 0 aliphatic carbocycles. The minimum absolute atomic E-state index is 0.125. The van der Waals surface area contributed by atoms with Crippen LogP contribution in [-0.4, -0.2) is 35.1 Å². The molecule has 0 radical (unpaired) electrons. The first kappa shape index (κ1) is 8.58. The summed E-state index contributed by atoms with van der Waals surface area (Å²) in [6.07, 6.45) is 1.42. The van der Waals surface area contributed by atoms with Gasteiger partial charge in [0, 0.05) is 21.0 Å². The first-order valence-corrected chi connectivity index (χ1v) is 3.49. The van der Waals surface area contributed by atoms with Gasteiger partial charge in [0.1, 0.15) is 5.69 Å². The zero-order valence-corrected chi connectivity index (χ0v) is 7.27. The Bertz CT molecular complexity index is 280. The molecular formula is C7H10N4O. The number of rotatable bonds is 2. The Morgan fingerprint density at radius 2 is 2.08 bits per heavy atom. The van der Waals surface area contributed by atoms with E-state index in [1.54, 1.807) is 4.90 Å². The normalized spacial score (nSPS) is 9.58. The highest BCUT2D eigenvalue weighted by Crippen LogP contribution is 1.99. The first-order valence-electron chi connectivity index (χ1n) is 3.49. The monoisotopic (exact) mass is 166 g/mol. The van der Waals surface area contributed by atoms with E-state index < -0.39 is 0 Å². The summed E-state index contributed by atoms with van der Waals surface area (Å²) in [6.45, 7) is 1.43. The Hall–Kier alpha value is -1.52. The highest BCUT2D eigenvalue weighted by atomic mass is 16.1. The van der Waals surface area contributed by atoms with E-state index in [4.69, 9.17) is 0 Å². The van der Waals surface area contributed by atoms with Gasteiger partial charge in [-0.15, -0.1) is 10.2 Å². The number of Topliss-reactive ketones (excluding diaryl/α,β-unsaturated/α-hetero) is 1. The van der Waals surface area contributed by atoms with Crippen molar-refractivity contribution < 1.29 is 4.79 Å². The lowest BCUT2D eigenvalue weighted by Gasteiger charge is -2.07. The van der Waals surface area contributed by atoms with Crippen LogP contribution >= 0.6 is 0 Å². The summed E-state index contributed by atoms with van der Waals surface area (Å²) in [5, 5.41) is 7.44. The van der Waals surface area contributed by atoms with E-state index in [1.165, 1.54) is 13.1 Å². The zero-order chi connectivity index (χ0) is 9.14. The van der Waals surface area contributed by atoms with Crippen LogP contribution in [0.4, 0.5) is 5.95 Å². The van der Waals surface area contributed by atoms with Crippen molar-refractivity contribution in [3.8, 4) is 0 Å². The van der Waals surface area contributed by atoms with Crippen molar-refractivity contribution in [3.05, 3.63) is 11.9 Å². The second-order valence-corrected chi connectivity index (χ2v) is 2.59. The molecule has 0 saturated carbocycles. The Morgan fingerprint density at radius 1 is 1.42 bits per heavy atom. The van der Waals surface area contributed by atoms with Crippen LogP contribution in [0.25, 0.3) is 0 Å². The Labute approximate surface area is 70.4 Å². The van der Waals surface area contributed by atoms with Crippen LogP contribution in [0.2, 0.25) is 0 Å². The van der Waals surface area contributed by atoms with Gasteiger partial charge >= 0.3 is 0 Å². The van der Waals surface area contributed by atoms with Gasteiger partial charge in [0.05, 0.1) is 6.20 Å². The second kappa shape index (κ2) is 3.25. The van der Waals surface area contributed by atoms with Gasteiger partial charge in [0.25, 0.3) is 0 Å². The molecule has 64 valence electrons. The maximum Gasteiger partial charge on any atom is 0.244 e. The fraction of sp³-hybridized carbons (Fsp3) is 0.429. The van der Waals surface area contributed by atoms with Gasteiger partial charge in [-0.3, -0.25) is 4.79 Å². The number of hydrogen-bond donors (Lipinski definition) is 0. The van der Waals surface area contributed by atoms with Gasteiger partial charge in [-0.05, 0) is 0 Å². The van der Waals surface area contributed by atoms with E-state index in [9.17, 15) is 4.79 Å². The van der Waals surface area contributed by atoms with E-state index >= 15 is 0 Å². The second-order valence-electron chi connectivity index (χ2n) is 2.59. The maximum atomic E-state index is 10.8. The molecule has 0 atom stereocenters. The molecule has 0 aliphatic rings. The molecule has 1 aromatic heterocycles. The minimum atomic E-state index is -0.125. The lowest BCUT2D eigenvalue weighted by atomic mass is 10.3. The van der Waals surface area contributed by atoms with Crippen molar-refractivity contribution in [3.63, 3.8) is 0 Å². The Balaban J connectivity index is 2.93. The number of nitrogens with zero attached hydrogens (tertiary/aromatic N) is 4. The maximum absolute atomic E-state index is 10.8. The van der Waals surface area contributed by atoms with E-state index in [0.29, 0.717) is 11.6 Å². The van der Waals surface area contributed by atoms with Crippen LogP contribution in [0.1, 0.15) is 17.4 Å². The van der Waals surface area contributed by atoms with Gasteiger partial charge in [-0.25, -0.2) is 4.98 Å². The van der Waals surface area contributed by atoms with Crippen molar-refractivity contribution in [1.82, 2.24) is 15.2 Å². The van der Waals surface area contributed by atoms with Crippen molar-refractivity contribution in [2.45, 2.75) is 6.92 Å². The summed E-state index contributed by atoms with van der Waals surface area (Å²) in [5.74, 6) is 0.375. The fourth-order valence-electron chi connectivity index (χ4n) is 0.635. The summed E-state index contributed by atoms with van der Waals surface area (Å²) in [5.41, 5.74) is 0.292. The molecule has 0 aromatic carbocycles. The molecule has 5 nitrogen and oxygen atoms in total. The Morgan fingerprint density at radius 3 is 2.42 bits per heavy atom. The summed E-state index contributed by atoms with van der Waals surface area (Å²) in [7, 11) is 3.62. The molecule has 0 spiro atoms. The van der Waals surface area contributed by atoms with Crippen LogP contribution in [0.3, 0.4) is 0 Å². The smallest absolute Gasteiger partial charge is 0.244 e. The molecular weight excluding hydrogens is 156 g/mol. The molecule has 1 rings (SSSR count). The summed E-state index contributed by atoms with van der Waals surface area (Å²) in [4.78, 5) is 16.4. The van der Waals surface area contributed by atoms with Crippen LogP contribution in [0, 0.1) is 0 Å². The molecule has 0 N–H and O–H groups in total. The van der Waals surface area contributed by atoms with Crippen molar-refractivity contribution in [2.24, 2.45) is 0 Å². The SMILES string of the molecule is CC(=O)c1cnc(N(C)C)nn1. The number of anilines is 1. The van der Waals surface area contributed by atoms with Crippen LogP contribution in [-0.2, 0) is 0 Å². The molecule has 0 saturated heterocycles. The molecule has 0 aliphatic heterocycles. The third-order valence-electron chi connectivity index (χ3n) is 1.31. The molecule has 0 unspecified atom stereocenters. The molecule has 5 heteroatoms. The van der Waals surface area contributed by atoms with Crippen molar-refractivity contribution >= 4 is 11.7 Å². The third kappa shape index (κ3) is 1.75. The minimum Gasteiger partial charge on any atom is -0.346 e. The third-order valence-corrected chi connectivity index (χ3v) is 1.31. The molecule has 1 aromatic rings. The molecule has 0 fully saturated rings. The number of aromatic nitrogens is 3. The molecule has 1 heterocycles. The average molecular weight is 166 g/mol. The zero-order valence-electron chi connectivity index (χ0n) is 7.27. The van der Waals surface area contributed by atoms with Crippen LogP contribution < -0.4 is 4.90 Å². The molecule has 0 bridgehead atoms. The largest absolute Gasteiger partial charge is 0.346 e. The first-order chi connectivity index (χ1) is 5.61. The predicted octanol–water partition coefficient (Wildman–Crippen LogP) is 0.140. The quantitative estimate of drug-likeness (QED) is 0.585. The van der Waals surface area contributed by atoms with Crippen molar-refractivity contribution in [1.29, 1.82) is 0 Å². The van der Waals surface area contributed by atoms with Gasteiger partial charge in [-0.1, -0.05) is 0 Å². The predicted molar refractivity (Wildman–Crippen MR) is 44.2 cm³/mol.